The van der Waals surface area contributed by atoms with E-state index in [1.807, 2.05) is 13.8 Å². The van der Waals surface area contributed by atoms with Gasteiger partial charge >= 0.3 is 0 Å². The summed E-state index contributed by atoms with van der Waals surface area (Å²) in [6.45, 7) is 19.9. The maximum absolute atomic E-state index is 2.33. The van der Waals surface area contributed by atoms with Crippen molar-refractivity contribution in [2.75, 3.05) is 0 Å². The van der Waals surface area contributed by atoms with Crippen LogP contribution in [0.2, 0.25) is 0 Å². The normalized spacial score (nSPS) is 9.60. The molecule has 0 aromatic carbocycles. The fourth-order valence-corrected chi connectivity index (χ4v) is 1.77. The third-order valence-electron chi connectivity index (χ3n) is 2.33. The molecule has 0 spiro atoms. The van der Waals surface area contributed by atoms with Crippen molar-refractivity contribution in [2.45, 2.75) is 81.6 Å². The Morgan fingerprint density at radius 1 is 0.733 bits per heavy atom. The molecule has 0 aromatic rings. The van der Waals surface area contributed by atoms with E-state index in [-0.39, 0.29) is 0 Å². The quantitative estimate of drug-likeness (QED) is 0.528. The molecule has 0 aromatic heterocycles. The van der Waals surface area contributed by atoms with Crippen molar-refractivity contribution < 1.29 is 0 Å². The zero-order valence-corrected chi connectivity index (χ0v) is 12.9. The maximum atomic E-state index is 2.33. The summed E-state index contributed by atoms with van der Waals surface area (Å²) in [5.41, 5.74) is 0. The Morgan fingerprint density at radius 3 is 1.07 bits per heavy atom. The van der Waals surface area contributed by atoms with Crippen LogP contribution in [0.25, 0.3) is 0 Å². The predicted molar refractivity (Wildman–Crippen MR) is 75.4 cm³/mol. The largest absolute Gasteiger partial charge is 0.0683 e. The minimum absolute atomic E-state index is 0.861. The van der Waals surface area contributed by atoms with Crippen LogP contribution in [-0.4, -0.2) is 0 Å². The van der Waals surface area contributed by atoms with Crippen LogP contribution in [0.4, 0.5) is 0 Å². The third kappa shape index (κ3) is 16.7. The first-order valence-corrected chi connectivity index (χ1v) is 7.01. The highest BCUT2D eigenvalue weighted by atomic mass is 14.2. The first kappa shape index (κ1) is 20.4. The molecular weight excluding hydrogens is 180 g/mol. The van der Waals surface area contributed by atoms with Gasteiger partial charge in [-0.2, -0.15) is 0 Å². The average Bonchev–Trinajstić information content (AvgIpc) is 2.17. The highest BCUT2D eigenvalue weighted by Crippen LogP contribution is 2.24. The van der Waals surface area contributed by atoms with Crippen LogP contribution < -0.4 is 0 Å². The van der Waals surface area contributed by atoms with E-state index >= 15 is 0 Å². The molecule has 0 fully saturated rings. The molecular formula is C15H36. The van der Waals surface area contributed by atoms with Gasteiger partial charge < -0.3 is 0 Å². The van der Waals surface area contributed by atoms with E-state index in [9.17, 15) is 0 Å². The molecule has 0 aliphatic heterocycles. The molecule has 0 amide bonds. The lowest BCUT2D eigenvalue weighted by molar-refractivity contribution is 0.267. The van der Waals surface area contributed by atoms with Gasteiger partial charge in [0, 0.05) is 0 Å². The molecule has 0 heteroatoms. The second-order valence-electron chi connectivity index (χ2n) is 4.65. The fraction of sp³-hybridized carbons (Fsp3) is 1.00. The van der Waals surface area contributed by atoms with Gasteiger partial charge in [-0.15, -0.1) is 0 Å². The molecule has 0 saturated heterocycles. The molecule has 96 valence electrons. The molecule has 15 heavy (non-hydrogen) atoms. The van der Waals surface area contributed by atoms with Gasteiger partial charge in [-0.3, -0.25) is 0 Å². The highest BCUT2D eigenvalue weighted by molar-refractivity contribution is 4.65. The van der Waals surface area contributed by atoms with Gasteiger partial charge in [0.1, 0.15) is 0 Å². The monoisotopic (exact) mass is 216 g/mol. The van der Waals surface area contributed by atoms with Gasteiger partial charge in [0.05, 0.1) is 0 Å². The molecule has 0 nitrogen and oxygen atoms in total. The maximum Gasteiger partial charge on any atom is -0.0368 e. The van der Waals surface area contributed by atoms with Gasteiger partial charge in [0.2, 0.25) is 0 Å². The van der Waals surface area contributed by atoms with Crippen molar-refractivity contribution in [3.8, 4) is 0 Å². The van der Waals surface area contributed by atoms with Crippen molar-refractivity contribution in [1.82, 2.24) is 0 Å². The smallest absolute Gasteiger partial charge is 0.0368 e. The van der Waals surface area contributed by atoms with Crippen LogP contribution in [0.1, 0.15) is 81.6 Å². The second-order valence-corrected chi connectivity index (χ2v) is 4.65. The number of hydrogen-bond acceptors (Lipinski definition) is 0. The van der Waals surface area contributed by atoms with Crippen LogP contribution >= 0.6 is 0 Å². The minimum Gasteiger partial charge on any atom is -0.0683 e. The van der Waals surface area contributed by atoms with Gasteiger partial charge in [0.25, 0.3) is 0 Å². The van der Waals surface area contributed by atoms with E-state index in [2.05, 4.69) is 48.5 Å². The van der Waals surface area contributed by atoms with E-state index in [1.165, 1.54) is 19.3 Å². The molecule has 0 radical (unpaired) electrons. The molecule has 0 bridgehead atoms. The lowest BCUT2D eigenvalue weighted by Crippen LogP contribution is -2.14. The first-order chi connectivity index (χ1) is 7.01. The van der Waals surface area contributed by atoms with Gasteiger partial charge in [-0.25, -0.2) is 0 Å². The zero-order valence-electron chi connectivity index (χ0n) is 12.9. The summed E-state index contributed by atoms with van der Waals surface area (Å²) in [5, 5.41) is 0. The van der Waals surface area contributed by atoms with Crippen molar-refractivity contribution in [3.05, 3.63) is 0 Å². The van der Waals surface area contributed by atoms with E-state index in [0.29, 0.717) is 0 Å². The summed E-state index contributed by atoms with van der Waals surface area (Å²) in [5.74, 6) is 2.66. The Hall–Kier alpha value is 0. The Morgan fingerprint density at radius 2 is 1.00 bits per heavy atom. The molecule has 0 N–H and O–H groups in total. The van der Waals surface area contributed by atoms with E-state index < -0.39 is 0 Å². The fourth-order valence-electron chi connectivity index (χ4n) is 1.77. The highest BCUT2D eigenvalue weighted by Gasteiger charge is 2.15. The minimum atomic E-state index is 0.861. The predicted octanol–water partition coefficient (Wildman–Crippen LogP) is 6.16. The van der Waals surface area contributed by atoms with Gasteiger partial charge in [0.15, 0.2) is 0 Å². The van der Waals surface area contributed by atoms with Crippen molar-refractivity contribution in [2.24, 2.45) is 17.8 Å². The molecule has 0 aliphatic carbocycles. The van der Waals surface area contributed by atoms with E-state index in [1.54, 1.807) is 0 Å². The Kier molecular flexibility index (Phi) is 22.4. The molecule has 0 heterocycles. The average molecular weight is 216 g/mol. The van der Waals surface area contributed by atoms with E-state index in [4.69, 9.17) is 0 Å². The van der Waals surface area contributed by atoms with Gasteiger partial charge in [-0.1, -0.05) is 81.6 Å². The summed E-state index contributed by atoms with van der Waals surface area (Å²) < 4.78 is 0. The lowest BCUT2D eigenvalue weighted by atomic mass is 9.82. The second kappa shape index (κ2) is 16.4. The van der Waals surface area contributed by atoms with Gasteiger partial charge in [-0.05, 0) is 17.8 Å². The summed E-state index contributed by atoms with van der Waals surface area (Å²) in [7, 11) is 0. The Labute approximate surface area is 99.9 Å². The summed E-state index contributed by atoms with van der Waals surface area (Å²) in [6, 6.07) is 0. The topological polar surface area (TPSA) is 0 Å². The molecule has 0 aliphatic rings. The van der Waals surface area contributed by atoms with Crippen molar-refractivity contribution >= 4 is 0 Å². The lowest BCUT2D eigenvalue weighted by Gasteiger charge is -2.23. The van der Waals surface area contributed by atoms with Crippen molar-refractivity contribution in [1.29, 1.82) is 0 Å². The SMILES string of the molecule is CC.CCC.CCCC(C(C)C)C(C)C. The summed E-state index contributed by atoms with van der Waals surface area (Å²) in [6.07, 6.45) is 3.98. The molecule has 0 atom stereocenters. The van der Waals surface area contributed by atoms with Crippen LogP contribution in [0, 0.1) is 17.8 Å². The zero-order chi connectivity index (χ0) is 12.9. The summed E-state index contributed by atoms with van der Waals surface area (Å²) in [4.78, 5) is 0. The molecule has 0 saturated carbocycles. The molecule has 0 rings (SSSR count). The van der Waals surface area contributed by atoms with Crippen LogP contribution in [-0.2, 0) is 0 Å². The van der Waals surface area contributed by atoms with Crippen molar-refractivity contribution in [3.63, 3.8) is 0 Å². The van der Waals surface area contributed by atoms with E-state index in [0.717, 1.165) is 17.8 Å². The molecule has 0 unspecified atom stereocenters. The van der Waals surface area contributed by atoms with Crippen LogP contribution in [0.15, 0.2) is 0 Å². The Balaban J connectivity index is -0.000000245. The standard InChI is InChI=1S/C10H22.C3H8.C2H6/c1-6-7-10(8(2)3)9(4)5;1-3-2;1-2/h8-10H,6-7H2,1-5H3;3H2,1-2H3;1-2H3. The number of hydrogen-bond donors (Lipinski definition) is 0. The number of rotatable bonds is 4. The third-order valence-corrected chi connectivity index (χ3v) is 2.33. The van der Waals surface area contributed by atoms with Crippen LogP contribution in [0.5, 0.6) is 0 Å². The van der Waals surface area contributed by atoms with Crippen LogP contribution in [0.3, 0.4) is 0 Å². The first-order valence-electron chi connectivity index (χ1n) is 7.01. The summed E-state index contributed by atoms with van der Waals surface area (Å²) >= 11 is 0. The Bertz CT molecular complexity index is 74.0.